The fourth-order valence-corrected chi connectivity index (χ4v) is 4.34. The van der Waals surface area contributed by atoms with Crippen LogP contribution < -0.4 is 10.1 Å². The molecule has 0 aliphatic carbocycles. The maximum atomic E-state index is 12.8. The van der Waals surface area contributed by atoms with E-state index in [2.05, 4.69) is 38.8 Å². The largest absolute Gasteiger partial charge is 0.490 e. The molecule has 146 valence electrons. The van der Waals surface area contributed by atoms with Gasteiger partial charge in [-0.25, -0.2) is 9.67 Å². The summed E-state index contributed by atoms with van der Waals surface area (Å²) in [6.45, 7) is 2.06. The van der Waals surface area contributed by atoms with E-state index >= 15 is 0 Å². The maximum absolute atomic E-state index is 12.8. The first kappa shape index (κ1) is 18.9. The molecule has 8 nitrogen and oxygen atoms in total. The molecule has 1 N–H and O–H groups in total. The number of thiazole rings is 1. The molecule has 1 amide bonds. The molecule has 3 aromatic rings. The number of aromatic nitrogens is 5. The lowest BCUT2D eigenvalue weighted by molar-refractivity contribution is -0.119. The van der Waals surface area contributed by atoms with Crippen molar-refractivity contribution in [3.63, 3.8) is 0 Å². The number of tetrazole rings is 1. The molecule has 1 aliphatic heterocycles. The van der Waals surface area contributed by atoms with Crippen molar-refractivity contribution in [3.05, 3.63) is 35.5 Å². The number of nitrogens with zero attached hydrogens (tertiary/aromatic N) is 5. The Kier molecular flexibility index (Phi) is 5.58. The summed E-state index contributed by atoms with van der Waals surface area (Å²) < 4.78 is 7.24. The summed E-state index contributed by atoms with van der Waals surface area (Å²) >= 11 is 3.08. The highest BCUT2D eigenvalue weighted by molar-refractivity contribution is 7.98. The van der Waals surface area contributed by atoms with E-state index in [0.717, 1.165) is 29.2 Å². The van der Waals surface area contributed by atoms with Crippen molar-refractivity contribution in [2.24, 2.45) is 0 Å². The number of benzene rings is 1. The van der Waals surface area contributed by atoms with Crippen LogP contribution in [0.15, 0.2) is 29.9 Å². The van der Waals surface area contributed by atoms with Gasteiger partial charge in [0.1, 0.15) is 24.2 Å². The fraction of sp³-hybridized carbons (Fsp3) is 0.389. The Bertz CT molecular complexity index is 959. The minimum absolute atomic E-state index is 0.168. The number of anilines is 1. The van der Waals surface area contributed by atoms with E-state index < -0.39 is 6.04 Å². The Balaban J connectivity index is 1.48. The zero-order chi connectivity index (χ0) is 19.5. The van der Waals surface area contributed by atoms with E-state index in [4.69, 9.17) is 4.74 Å². The number of rotatable bonds is 7. The van der Waals surface area contributed by atoms with Crippen LogP contribution in [0.25, 0.3) is 11.3 Å². The Hall–Kier alpha value is -2.46. The second kappa shape index (κ2) is 8.27. The third kappa shape index (κ3) is 4.02. The maximum Gasteiger partial charge on any atom is 0.251 e. The predicted molar refractivity (Wildman–Crippen MR) is 110 cm³/mol. The van der Waals surface area contributed by atoms with Crippen molar-refractivity contribution < 1.29 is 9.53 Å². The van der Waals surface area contributed by atoms with Crippen LogP contribution in [0.2, 0.25) is 0 Å². The molecular formula is C18H20N6O2S2. The average Bonchev–Trinajstić information content (AvgIpc) is 3.41. The first-order valence-electron chi connectivity index (χ1n) is 8.92. The second-order valence-corrected chi connectivity index (χ2v) is 8.41. The lowest BCUT2D eigenvalue weighted by Crippen LogP contribution is -2.27. The summed E-state index contributed by atoms with van der Waals surface area (Å²) in [5.41, 5.74) is 3.05. The molecule has 1 aromatic carbocycles. The van der Waals surface area contributed by atoms with Crippen LogP contribution in [0.3, 0.4) is 0 Å². The average molecular weight is 417 g/mol. The molecule has 0 saturated heterocycles. The van der Waals surface area contributed by atoms with E-state index in [1.165, 1.54) is 27.9 Å². The summed E-state index contributed by atoms with van der Waals surface area (Å²) in [7, 11) is 0. The number of hydrogen-bond donors (Lipinski definition) is 1. The van der Waals surface area contributed by atoms with Gasteiger partial charge in [-0.1, -0.05) is 0 Å². The van der Waals surface area contributed by atoms with Gasteiger partial charge >= 0.3 is 0 Å². The van der Waals surface area contributed by atoms with Crippen LogP contribution in [0.1, 0.15) is 24.9 Å². The van der Waals surface area contributed by atoms with Gasteiger partial charge in [0.25, 0.3) is 5.91 Å². The number of fused-ring (bicyclic) bond motifs is 1. The SMILES string of the molecule is CSCC[C@H](C(=O)Nc1nc(-c2ccc3c(c2)C[C@@H](C)O3)cs1)n1cnnn1. The molecule has 0 saturated carbocycles. The van der Waals surface area contributed by atoms with Crippen LogP contribution in [0.4, 0.5) is 5.13 Å². The molecule has 4 rings (SSSR count). The van der Waals surface area contributed by atoms with Gasteiger partial charge in [0.05, 0.1) is 5.69 Å². The zero-order valence-corrected chi connectivity index (χ0v) is 17.2. The number of thioether (sulfide) groups is 1. The molecule has 2 atom stereocenters. The van der Waals surface area contributed by atoms with Gasteiger partial charge in [0.15, 0.2) is 5.13 Å². The molecule has 1 aliphatic rings. The molecule has 0 radical (unpaired) electrons. The highest BCUT2D eigenvalue weighted by atomic mass is 32.2. The normalized spacial score (nSPS) is 16.4. The van der Waals surface area contributed by atoms with Gasteiger partial charge < -0.3 is 10.1 Å². The predicted octanol–water partition coefficient (Wildman–Crippen LogP) is 3.05. The molecule has 3 heterocycles. The van der Waals surface area contributed by atoms with Gasteiger partial charge in [-0.15, -0.1) is 16.4 Å². The third-order valence-corrected chi connectivity index (χ3v) is 5.91. The van der Waals surface area contributed by atoms with Crippen LogP contribution >= 0.6 is 23.1 Å². The number of nitrogens with one attached hydrogen (secondary N) is 1. The smallest absolute Gasteiger partial charge is 0.251 e. The van der Waals surface area contributed by atoms with Crippen molar-refractivity contribution in [1.82, 2.24) is 25.2 Å². The highest BCUT2D eigenvalue weighted by Gasteiger charge is 2.23. The molecule has 2 aromatic heterocycles. The third-order valence-electron chi connectivity index (χ3n) is 4.51. The molecule has 10 heteroatoms. The first-order valence-corrected chi connectivity index (χ1v) is 11.2. The van der Waals surface area contributed by atoms with Crippen LogP contribution in [0.5, 0.6) is 5.75 Å². The van der Waals surface area contributed by atoms with Gasteiger partial charge in [-0.05, 0) is 59.5 Å². The van der Waals surface area contributed by atoms with E-state index in [9.17, 15) is 4.79 Å². The number of carbonyl (C=O) groups excluding carboxylic acids is 1. The van der Waals surface area contributed by atoms with Crippen molar-refractivity contribution in [1.29, 1.82) is 0 Å². The van der Waals surface area contributed by atoms with Crippen LogP contribution in [-0.4, -0.2) is 49.2 Å². The van der Waals surface area contributed by atoms with Gasteiger partial charge in [-0.2, -0.15) is 11.8 Å². The summed E-state index contributed by atoms with van der Waals surface area (Å²) in [6.07, 6.45) is 5.22. The number of amides is 1. The molecule has 28 heavy (non-hydrogen) atoms. The quantitative estimate of drug-likeness (QED) is 0.632. The lowest BCUT2D eigenvalue weighted by Gasteiger charge is -2.14. The van der Waals surface area contributed by atoms with Gasteiger partial charge in [0, 0.05) is 17.4 Å². The standard InChI is InChI=1S/C18H20N6O2S2/c1-11-7-13-8-12(3-4-16(13)26-11)14-9-28-18(20-14)21-17(25)15(5-6-27-2)24-10-19-22-23-24/h3-4,8-11,15H,5-7H2,1-2H3,(H,20,21,25)/t11-,15-/m1/s1. The first-order chi connectivity index (χ1) is 13.6. The van der Waals surface area contributed by atoms with Crippen molar-refractivity contribution in [3.8, 4) is 17.0 Å². The van der Waals surface area contributed by atoms with E-state index in [-0.39, 0.29) is 12.0 Å². The van der Waals surface area contributed by atoms with E-state index in [1.807, 2.05) is 23.8 Å². The van der Waals surface area contributed by atoms with Crippen LogP contribution in [-0.2, 0) is 11.2 Å². The fourth-order valence-electron chi connectivity index (χ4n) is 3.16. The van der Waals surface area contributed by atoms with E-state index in [0.29, 0.717) is 11.6 Å². The number of hydrogen-bond acceptors (Lipinski definition) is 8. The van der Waals surface area contributed by atoms with Crippen LogP contribution in [0, 0.1) is 0 Å². The van der Waals surface area contributed by atoms with Gasteiger partial charge in [0.2, 0.25) is 0 Å². The Labute approximate surface area is 170 Å². The lowest BCUT2D eigenvalue weighted by atomic mass is 10.1. The molecule has 0 unspecified atom stereocenters. The van der Waals surface area contributed by atoms with Crippen molar-refractivity contribution in [2.45, 2.75) is 31.9 Å². The topological polar surface area (TPSA) is 94.8 Å². The molecule has 0 bridgehead atoms. The van der Waals surface area contributed by atoms with Crippen molar-refractivity contribution >= 4 is 34.1 Å². The second-order valence-electron chi connectivity index (χ2n) is 6.57. The monoisotopic (exact) mass is 416 g/mol. The number of carbonyl (C=O) groups is 1. The molecule has 0 spiro atoms. The Morgan fingerprint density at radius 3 is 3.18 bits per heavy atom. The van der Waals surface area contributed by atoms with Gasteiger partial charge in [-0.3, -0.25) is 4.79 Å². The minimum atomic E-state index is -0.464. The highest BCUT2D eigenvalue weighted by Crippen LogP contribution is 2.34. The summed E-state index contributed by atoms with van der Waals surface area (Å²) in [4.78, 5) is 17.4. The van der Waals surface area contributed by atoms with Crippen molar-refractivity contribution in [2.75, 3.05) is 17.3 Å². The van der Waals surface area contributed by atoms with E-state index in [1.54, 1.807) is 11.8 Å². The Morgan fingerprint density at radius 1 is 1.50 bits per heavy atom. The summed E-state index contributed by atoms with van der Waals surface area (Å²) in [6, 6.07) is 5.64. The summed E-state index contributed by atoms with van der Waals surface area (Å²) in [5, 5.41) is 16.6. The summed E-state index contributed by atoms with van der Waals surface area (Å²) in [5.74, 6) is 1.60. The molecule has 0 fully saturated rings. The molecular weight excluding hydrogens is 396 g/mol. The number of ether oxygens (including phenoxy) is 1. The Morgan fingerprint density at radius 2 is 2.39 bits per heavy atom. The minimum Gasteiger partial charge on any atom is -0.490 e. The zero-order valence-electron chi connectivity index (χ0n) is 15.5.